The minimum Gasteiger partial charge on any atom is -0.487 e. The van der Waals surface area contributed by atoms with Crippen molar-refractivity contribution < 1.29 is 14.6 Å². The number of nitrogens with zero attached hydrogens (tertiary/aromatic N) is 4. The van der Waals surface area contributed by atoms with Gasteiger partial charge in [-0.25, -0.2) is 4.98 Å². The molecule has 0 aliphatic rings. The van der Waals surface area contributed by atoms with Gasteiger partial charge in [-0.1, -0.05) is 101 Å². The van der Waals surface area contributed by atoms with E-state index < -0.39 is 11.4 Å². The van der Waals surface area contributed by atoms with Crippen molar-refractivity contribution in [3.63, 3.8) is 0 Å². The zero-order chi connectivity index (χ0) is 38.8. The van der Waals surface area contributed by atoms with Crippen LogP contribution >= 0.6 is 11.8 Å². The van der Waals surface area contributed by atoms with Gasteiger partial charge in [-0.05, 0) is 93.3 Å². The molecule has 0 unspecified atom stereocenters. The molecular formula is C47H56N4O3S. The summed E-state index contributed by atoms with van der Waals surface area (Å²) in [5.74, 6) is 1.72. The van der Waals surface area contributed by atoms with Gasteiger partial charge >= 0.3 is 5.97 Å². The second-order valence-electron chi connectivity index (χ2n) is 15.6. The number of unbranched alkanes of at least 4 members (excludes halogenated alkanes) is 2. The van der Waals surface area contributed by atoms with Crippen LogP contribution in [0, 0.1) is 18.3 Å². The Hall–Kier alpha value is -4.69. The van der Waals surface area contributed by atoms with Crippen LogP contribution < -0.4 is 4.74 Å². The van der Waals surface area contributed by atoms with Crippen molar-refractivity contribution in [3.8, 4) is 17.0 Å². The van der Waals surface area contributed by atoms with Crippen molar-refractivity contribution >= 4 is 39.5 Å². The number of aliphatic carboxylic acids is 1. The van der Waals surface area contributed by atoms with E-state index in [9.17, 15) is 9.90 Å². The number of thioether (sulfide) groups is 1. The molecule has 0 aliphatic heterocycles. The fraction of sp³-hybridized carbons (Fsp3) is 0.404. The van der Waals surface area contributed by atoms with E-state index in [4.69, 9.17) is 9.72 Å². The third kappa shape index (κ3) is 10.3. The van der Waals surface area contributed by atoms with Crippen molar-refractivity contribution in [1.29, 1.82) is 0 Å². The molecule has 0 aliphatic carbocycles. The van der Waals surface area contributed by atoms with E-state index in [1.165, 1.54) is 44.9 Å². The maximum absolute atomic E-state index is 12.6. The third-order valence-corrected chi connectivity index (χ3v) is 11.9. The molecule has 8 heteroatoms. The van der Waals surface area contributed by atoms with Crippen LogP contribution in [-0.2, 0) is 24.4 Å². The van der Waals surface area contributed by atoms with Gasteiger partial charge in [-0.2, -0.15) is 10.2 Å². The normalized spacial score (nSPS) is 11.9. The fourth-order valence-corrected chi connectivity index (χ4v) is 8.47. The Kier molecular flexibility index (Phi) is 13.6. The summed E-state index contributed by atoms with van der Waals surface area (Å²) >= 11 is 1.88. The summed E-state index contributed by atoms with van der Waals surface area (Å²) in [7, 11) is 0. The van der Waals surface area contributed by atoms with Crippen molar-refractivity contribution in [2.24, 2.45) is 11.3 Å². The molecule has 0 bridgehead atoms. The van der Waals surface area contributed by atoms with Crippen molar-refractivity contribution in [2.45, 2.75) is 110 Å². The minimum absolute atomic E-state index is 0.354. The zero-order valence-corrected chi connectivity index (χ0v) is 34.0. The highest BCUT2D eigenvalue weighted by Gasteiger charge is 2.32. The van der Waals surface area contributed by atoms with Gasteiger partial charge in [-0.15, -0.1) is 11.8 Å². The highest BCUT2D eigenvalue weighted by atomic mass is 32.2. The van der Waals surface area contributed by atoms with E-state index in [1.54, 1.807) is 0 Å². The number of carboxylic acid groups (broad SMARTS) is 1. The zero-order valence-electron chi connectivity index (χ0n) is 33.2. The summed E-state index contributed by atoms with van der Waals surface area (Å²) in [6, 6.07) is 31.0. The molecule has 3 aromatic carbocycles. The lowest BCUT2D eigenvalue weighted by Crippen LogP contribution is -2.27. The van der Waals surface area contributed by atoms with Crippen LogP contribution in [0.2, 0.25) is 0 Å². The van der Waals surface area contributed by atoms with E-state index in [0.717, 1.165) is 84.4 Å². The SMILES string of the molecule is CCCCC(CCCC)CCCSc1c(CC(C)(C)C(=O)O)n(Cc2ccc(-c3ccc(C)nn3)cc2)c2ccc(OCc3ccc4ccccc4n3)cc12. The molecule has 3 heterocycles. The molecule has 0 fully saturated rings. The number of aromatic nitrogens is 4. The van der Waals surface area contributed by atoms with Crippen molar-refractivity contribution in [3.05, 3.63) is 114 Å². The molecule has 0 atom stereocenters. The van der Waals surface area contributed by atoms with Crippen molar-refractivity contribution in [1.82, 2.24) is 19.7 Å². The van der Waals surface area contributed by atoms with Crippen LogP contribution in [0.3, 0.4) is 0 Å². The van der Waals surface area contributed by atoms with E-state index in [2.05, 4.69) is 77.1 Å². The maximum Gasteiger partial charge on any atom is 0.309 e. The molecule has 0 radical (unpaired) electrons. The van der Waals surface area contributed by atoms with Gasteiger partial charge < -0.3 is 14.4 Å². The number of hydrogen-bond acceptors (Lipinski definition) is 6. The van der Waals surface area contributed by atoms with E-state index in [0.29, 0.717) is 19.6 Å². The number of carbonyl (C=O) groups is 1. The number of fused-ring (bicyclic) bond motifs is 2. The van der Waals surface area contributed by atoms with Crippen LogP contribution in [-0.4, -0.2) is 36.6 Å². The first-order valence-corrected chi connectivity index (χ1v) is 21.0. The lowest BCUT2D eigenvalue weighted by atomic mass is 9.88. The van der Waals surface area contributed by atoms with Crippen LogP contribution in [0.25, 0.3) is 33.1 Å². The lowest BCUT2D eigenvalue weighted by molar-refractivity contribution is -0.146. The van der Waals surface area contributed by atoms with Gasteiger partial charge in [0, 0.05) is 45.4 Å². The second-order valence-corrected chi connectivity index (χ2v) is 16.7. The number of hydrogen-bond donors (Lipinski definition) is 1. The first-order valence-electron chi connectivity index (χ1n) is 20.0. The quantitative estimate of drug-likeness (QED) is 0.0612. The van der Waals surface area contributed by atoms with Gasteiger partial charge in [0.05, 0.1) is 28.0 Å². The number of aryl methyl sites for hydroxylation is 1. The average molecular weight is 757 g/mol. The number of ether oxygens (including phenoxy) is 1. The van der Waals surface area contributed by atoms with Gasteiger partial charge in [0.2, 0.25) is 0 Å². The molecule has 0 saturated heterocycles. The molecule has 7 nitrogen and oxygen atoms in total. The number of rotatable bonds is 20. The average Bonchev–Trinajstić information content (AvgIpc) is 3.46. The van der Waals surface area contributed by atoms with Crippen LogP contribution in [0.4, 0.5) is 0 Å². The summed E-state index contributed by atoms with van der Waals surface area (Å²) in [4.78, 5) is 18.6. The molecule has 0 saturated carbocycles. The van der Waals surface area contributed by atoms with Crippen molar-refractivity contribution in [2.75, 3.05) is 5.75 Å². The van der Waals surface area contributed by atoms with Gasteiger partial charge in [0.15, 0.2) is 0 Å². The van der Waals surface area contributed by atoms with E-state index >= 15 is 0 Å². The lowest BCUT2D eigenvalue weighted by Gasteiger charge is -2.22. The molecule has 0 amide bonds. The summed E-state index contributed by atoms with van der Waals surface area (Å²) in [6.45, 7) is 11.1. The van der Waals surface area contributed by atoms with Gasteiger partial charge in [0.1, 0.15) is 12.4 Å². The molecule has 6 rings (SSSR count). The Morgan fingerprint density at radius 2 is 1.62 bits per heavy atom. The minimum atomic E-state index is -0.956. The Labute approximate surface area is 331 Å². The molecule has 3 aromatic heterocycles. The number of para-hydroxylation sites is 1. The predicted octanol–water partition coefficient (Wildman–Crippen LogP) is 12.1. The Morgan fingerprint density at radius 3 is 2.33 bits per heavy atom. The molecule has 288 valence electrons. The number of benzene rings is 3. The molecule has 55 heavy (non-hydrogen) atoms. The third-order valence-electron chi connectivity index (χ3n) is 10.6. The largest absolute Gasteiger partial charge is 0.487 e. The fourth-order valence-electron chi connectivity index (χ4n) is 7.28. The first kappa shape index (κ1) is 40.0. The monoisotopic (exact) mass is 756 g/mol. The number of carboxylic acids is 1. The second kappa shape index (κ2) is 18.8. The molecule has 6 aromatic rings. The Morgan fingerprint density at radius 1 is 0.873 bits per heavy atom. The molecule has 1 N–H and O–H groups in total. The Balaban J connectivity index is 1.34. The smallest absolute Gasteiger partial charge is 0.309 e. The molecular weight excluding hydrogens is 701 g/mol. The summed E-state index contributed by atoms with van der Waals surface area (Å²) in [5, 5.41) is 21.2. The van der Waals surface area contributed by atoms with Crippen LogP contribution in [0.1, 0.15) is 102 Å². The highest BCUT2D eigenvalue weighted by Crippen LogP contribution is 2.41. The summed E-state index contributed by atoms with van der Waals surface area (Å²) < 4.78 is 8.76. The number of pyridine rings is 1. The van der Waals surface area contributed by atoms with Gasteiger partial charge in [-0.3, -0.25) is 4.79 Å². The Bertz CT molecular complexity index is 2170. The first-order chi connectivity index (χ1) is 26.6. The predicted molar refractivity (Wildman–Crippen MR) is 227 cm³/mol. The standard InChI is InChI=1S/C47H56N4O3S/c1-6-8-13-34(14-9-7-2)15-12-28-55-45-40-29-39(54-32-38-24-23-36-16-10-11-17-41(36)48-38)25-27-43(40)51(44(45)30-47(4,5)46(52)53)31-35-19-21-37(22-20-35)42-26-18-33(3)49-50-42/h10-11,16-27,29,34H,6-9,12-15,28,30-32H2,1-5H3,(H,52,53). The topological polar surface area (TPSA) is 90.1 Å². The van der Waals surface area contributed by atoms with E-state index in [1.807, 2.05) is 75.0 Å². The summed E-state index contributed by atoms with van der Waals surface area (Å²) in [5.41, 5.74) is 6.86. The van der Waals surface area contributed by atoms with Gasteiger partial charge in [0.25, 0.3) is 0 Å². The van der Waals surface area contributed by atoms with Crippen LogP contribution in [0.15, 0.2) is 95.9 Å². The van der Waals surface area contributed by atoms with E-state index in [-0.39, 0.29) is 0 Å². The highest BCUT2D eigenvalue weighted by molar-refractivity contribution is 7.99. The maximum atomic E-state index is 12.6. The van der Waals surface area contributed by atoms with Crippen LogP contribution in [0.5, 0.6) is 5.75 Å². The molecule has 0 spiro atoms. The summed E-state index contributed by atoms with van der Waals surface area (Å²) in [6.07, 6.45) is 10.4.